The van der Waals surface area contributed by atoms with Crippen molar-refractivity contribution in [1.29, 1.82) is 0 Å². The molecule has 0 saturated carbocycles. The van der Waals surface area contributed by atoms with Gasteiger partial charge in [0, 0.05) is 18.0 Å². The number of nitrogens with zero attached hydrogens (tertiary/aromatic N) is 3. The number of nitrogens with one attached hydrogen (secondary N) is 1. The minimum atomic E-state index is -3.39. The van der Waals surface area contributed by atoms with E-state index in [-0.39, 0.29) is 11.1 Å². The van der Waals surface area contributed by atoms with Gasteiger partial charge in [0.2, 0.25) is 0 Å². The van der Waals surface area contributed by atoms with Gasteiger partial charge in [0.15, 0.2) is 0 Å². The van der Waals surface area contributed by atoms with E-state index in [4.69, 9.17) is 114 Å². The van der Waals surface area contributed by atoms with Crippen molar-refractivity contribution in [3.05, 3.63) is 58.4 Å². The summed E-state index contributed by atoms with van der Waals surface area (Å²) < 4.78 is 30.7. The van der Waals surface area contributed by atoms with Crippen LogP contribution < -0.4 is 5.32 Å². The topological polar surface area (TPSA) is 58.1 Å². The van der Waals surface area contributed by atoms with Crippen molar-refractivity contribution in [2.24, 2.45) is 0 Å². The molecule has 1 aromatic heterocycles. The Morgan fingerprint density at radius 2 is 1.50 bits per heavy atom. The van der Waals surface area contributed by atoms with E-state index >= 15 is 4.39 Å². The lowest BCUT2D eigenvalue weighted by Gasteiger charge is -2.72. The molecule has 2 aromatic rings. The number of halogens is 3. The molecule has 1 N–H and O–H groups in total. The van der Waals surface area contributed by atoms with Crippen LogP contribution >= 0.6 is 11.6 Å². The molecule has 1 aromatic carbocycles. The molecule has 1 saturated heterocycles. The maximum Gasteiger partial charge on any atom is 0.252 e. The molecule has 1 aliphatic heterocycles. The molecule has 3 rings (SSSR count). The first-order chi connectivity index (χ1) is 17.8. The minimum absolute atomic E-state index is 0.0790. The van der Waals surface area contributed by atoms with E-state index in [9.17, 15) is 9.18 Å². The second kappa shape index (κ2) is 10.2. The van der Waals surface area contributed by atoms with Gasteiger partial charge in [0.25, 0.3) is 5.91 Å². The molecule has 5 nitrogen and oxygen atoms in total. The fraction of sp³-hybridized carbons (Fsp3) is 0.421. The first-order valence-corrected chi connectivity index (χ1v) is 11.6. The smallest absolute Gasteiger partial charge is 0.252 e. The van der Waals surface area contributed by atoms with Crippen molar-refractivity contribution in [3.8, 4) is 0 Å². The predicted molar refractivity (Wildman–Crippen MR) is 160 cm³/mol. The molecule has 1 unspecified atom stereocenters. The molecular formula is C19H8B13ClF2N4O. The summed E-state index contributed by atoms with van der Waals surface area (Å²) >= 11 is 5.77. The van der Waals surface area contributed by atoms with Crippen molar-refractivity contribution in [2.45, 2.75) is 43.8 Å². The third kappa shape index (κ3) is 5.45. The summed E-state index contributed by atoms with van der Waals surface area (Å²) in [5, 5.41) is -13.9. The number of aromatic nitrogens is 2. The summed E-state index contributed by atoms with van der Waals surface area (Å²) in [6, 6.07) is 2.83. The van der Waals surface area contributed by atoms with Crippen LogP contribution in [0.5, 0.6) is 0 Å². The van der Waals surface area contributed by atoms with Crippen molar-refractivity contribution in [1.82, 2.24) is 20.2 Å². The van der Waals surface area contributed by atoms with Gasteiger partial charge in [-0.2, -0.15) is 0 Å². The van der Waals surface area contributed by atoms with Gasteiger partial charge < -0.3 is 10.2 Å². The van der Waals surface area contributed by atoms with Gasteiger partial charge in [0.05, 0.1) is 107 Å². The van der Waals surface area contributed by atoms with Crippen LogP contribution in [0, 0.1) is 5.82 Å². The van der Waals surface area contributed by atoms with E-state index in [0.717, 1.165) is 30.6 Å². The maximum atomic E-state index is 17.0. The predicted octanol–water partition coefficient (Wildman–Crippen LogP) is -3.40. The lowest BCUT2D eigenvalue weighted by Crippen LogP contribution is -2.84. The molecule has 2 heterocycles. The van der Waals surface area contributed by atoms with Crippen molar-refractivity contribution >= 4 is 120 Å². The van der Waals surface area contributed by atoms with Gasteiger partial charge in [0.1, 0.15) is 17.3 Å². The third-order valence-electron chi connectivity index (χ3n) is 6.59. The van der Waals surface area contributed by atoms with Crippen LogP contribution in [0.2, 0.25) is 10.2 Å². The highest BCUT2D eigenvalue weighted by atomic mass is 35.5. The average Bonchev–Trinajstić information content (AvgIpc) is 2.78. The molecular weight excluding hydrogens is 514 g/mol. The summed E-state index contributed by atoms with van der Waals surface area (Å²) in [6.45, 7) is 0. The summed E-state index contributed by atoms with van der Waals surface area (Å²) in [5.41, 5.74) is -3.61. The van der Waals surface area contributed by atoms with Crippen LogP contribution in [0.1, 0.15) is 28.2 Å². The van der Waals surface area contributed by atoms with E-state index in [1.54, 1.807) is 0 Å². The highest BCUT2D eigenvalue weighted by Gasteiger charge is 2.67. The number of hydrogen-bond acceptors (Lipinski definition) is 4. The molecule has 0 bridgehead atoms. The van der Waals surface area contributed by atoms with Gasteiger partial charge in [-0.3, -0.25) is 4.79 Å². The Kier molecular flexibility index (Phi) is 8.45. The Hall–Kier alpha value is -1.28. The second-order valence-electron chi connectivity index (χ2n) is 10.0. The number of piperidine rings is 1. The first kappa shape index (κ1) is 33.2. The van der Waals surface area contributed by atoms with Gasteiger partial charge >= 0.3 is 0 Å². The first-order valence-electron chi connectivity index (χ1n) is 11.2. The third-order valence-corrected chi connectivity index (χ3v) is 6.88. The number of likely N-dealkylation sites (tertiary alicyclic amines) is 1. The van der Waals surface area contributed by atoms with Crippen LogP contribution in [0.3, 0.4) is 0 Å². The molecule has 26 radical (unpaired) electrons. The summed E-state index contributed by atoms with van der Waals surface area (Å²) in [7, 11) is 77.9. The summed E-state index contributed by atoms with van der Waals surface area (Å²) in [4.78, 5) is 21.6. The number of carbonyl (C=O) groups is 1. The number of hydrogen-bond donors (Lipinski definition) is 1. The van der Waals surface area contributed by atoms with Crippen molar-refractivity contribution in [2.75, 3.05) is 0 Å². The summed E-state index contributed by atoms with van der Waals surface area (Å²) in [5.74, 6) is -2.38. The van der Waals surface area contributed by atoms with Gasteiger partial charge in [-0.25, -0.2) is 18.7 Å². The van der Waals surface area contributed by atoms with E-state index in [1.165, 1.54) is 0 Å². The monoisotopic (exact) mass is 524 g/mol. The molecule has 1 atom stereocenters. The largest absolute Gasteiger partial charge is 0.363 e. The van der Waals surface area contributed by atoms with Crippen LogP contribution in [0.4, 0.5) is 8.78 Å². The van der Waals surface area contributed by atoms with Gasteiger partial charge in [-0.1, -0.05) is 16.8 Å². The second-order valence-corrected chi connectivity index (χ2v) is 10.4. The zero-order valence-electron chi connectivity index (χ0n) is 21.0. The zero-order valence-corrected chi connectivity index (χ0v) is 21.7. The number of alkyl halides is 1. The standard InChI is InChI=1S/C19H8B13ClF2N4O/c20-14(21)6-13(35,18(29,30)38-16(25,26)12-36-4-8(5-37-12)15(22,23)24)17(27,28)19(31,32)39(14)11(40)7-1-2-10(34)9(33)3-7/h1-5,38H,6H2. The van der Waals surface area contributed by atoms with Crippen molar-refractivity contribution in [3.63, 3.8) is 0 Å². The number of benzene rings is 1. The molecule has 1 aliphatic rings. The van der Waals surface area contributed by atoms with Crippen LogP contribution in [0.25, 0.3) is 0 Å². The average molecular weight is 522 g/mol. The highest BCUT2D eigenvalue weighted by molar-refractivity contribution is 6.59. The van der Waals surface area contributed by atoms with Crippen molar-refractivity contribution < 1.29 is 13.6 Å². The van der Waals surface area contributed by atoms with Crippen LogP contribution in [-0.2, 0) is 10.5 Å². The molecule has 170 valence electrons. The van der Waals surface area contributed by atoms with Gasteiger partial charge in [-0.15, -0.1) is 5.11 Å². The highest BCUT2D eigenvalue weighted by Crippen LogP contribution is 2.58. The van der Waals surface area contributed by atoms with Gasteiger partial charge in [-0.05, 0) is 51.5 Å². The lowest BCUT2D eigenvalue weighted by atomic mass is 9.21. The number of amides is 1. The van der Waals surface area contributed by atoms with E-state index in [2.05, 4.69) is 15.3 Å². The van der Waals surface area contributed by atoms with Crippen LogP contribution in [-0.4, -0.2) is 144 Å². The Bertz CT molecular complexity index is 1310. The molecule has 0 aliphatic carbocycles. The van der Waals surface area contributed by atoms with E-state index in [1.807, 2.05) is 0 Å². The van der Waals surface area contributed by atoms with E-state index < -0.39 is 66.3 Å². The lowest BCUT2D eigenvalue weighted by molar-refractivity contribution is -0.0236. The number of rotatable bonds is 6. The molecule has 1 fully saturated rings. The molecule has 0 spiro atoms. The fourth-order valence-corrected chi connectivity index (χ4v) is 4.51. The molecule has 21 heteroatoms. The quantitative estimate of drug-likeness (QED) is 0.403. The Morgan fingerprint density at radius 1 is 0.975 bits per heavy atom. The Labute approximate surface area is 254 Å². The molecule has 40 heavy (non-hydrogen) atoms. The van der Waals surface area contributed by atoms with E-state index in [0.29, 0.717) is 4.90 Å². The summed E-state index contributed by atoms with van der Waals surface area (Å²) in [6.07, 6.45) is 0.988. The number of carbonyl (C=O) groups excluding carboxylic acids is 1. The molecule has 1 amide bonds. The maximum absolute atomic E-state index is 17.0. The SMILES string of the molecule is [B]C([B])([B])c1cnc(C([B])([B])NC([B])([B])C2(F)CC([B])([B])N(C(=O)c3ccc(F)c(Cl)c3)C([B])([B])C2([B])[B])nc1. The minimum Gasteiger partial charge on any atom is -0.363 e. The Morgan fingerprint density at radius 3 is 1.98 bits per heavy atom. The van der Waals surface area contributed by atoms with Crippen LogP contribution in [0.15, 0.2) is 30.6 Å². The zero-order chi connectivity index (χ0) is 30.9. The normalized spacial score (nSPS) is 22.4. The fourth-order valence-electron chi connectivity index (χ4n) is 4.33. The Balaban J connectivity index is 2.04.